The maximum absolute atomic E-state index is 11.9. The number of likely N-dealkylation sites (N-methyl/N-ethyl adjacent to an activating group) is 1. The lowest BCUT2D eigenvalue weighted by Crippen LogP contribution is -2.51. The van der Waals surface area contributed by atoms with E-state index in [2.05, 4.69) is 16.7 Å². The maximum atomic E-state index is 11.9. The summed E-state index contributed by atoms with van der Waals surface area (Å²) < 4.78 is 0. The highest BCUT2D eigenvalue weighted by Gasteiger charge is 2.34. The summed E-state index contributed by atoms with van der Waals surface area (Å²) in [7, 11) is 1.75. The number of halogens is 1. The largest absolute Gasteiger partial charge is 0.344 e. The number of amides is 3. The van der Waals surface area contributed by atoms with Crippen LogP contribution in [0.15, 0.2) is 24.3 Å². The van der Waals surface area contributed by atoms with Gasteiger partial charge in [0.05, 0.1) is 0 Å². The molecule has 118 valence electrons. The van der Waals surface area contributed by atoms with E-state index in [4.69, 9.17) is 11.6 Å². The Hall–Kier alpha value is -1.75. The number of carbonyl (C=O) groups excluding carboxylic acids is 2. The number of rotatable bonds is 3. The van der Waals surface area contributed by atoms with E-state index in [-0.39, 0.29) is 24.0 Å². The number of benzene rings is 1. The predicted octanol–water partition coefficient (Wildman–Crippen LogP) is 2.12. The Morgan fingerprint density at radius 1 is 1.32 bits per heavy atom. The lowest BCUT2D eigenvalue weighted by molar-refractivity contribution is -0.128. The Morgan fingerprint density at radius 2 is 2.09 bits per heavy atom. The molecular weight excluding hydrogens is 302 g/mol. The molecule has 1 aromatic rings. The standard InChI is InChI=1S/C16H20ClN3O2/c1-20-6-5-14(15(20)21)19-16(22)18-13-8-11(9-13)10-3-2-4-12(17)7-10/h2-4,7,11,13-14H,5-6,8-9H2,1H3,(H2,18,19,22). The van der Waals surface area contributed by atoms with Gasteiger partial charge in [0.1, 0.15) is 6.04 Å². The van der Waals surface area contributed by atoms with Crippen molar-refractivity contribution in [3.05, 3.63) is 34.9 Å². The molecule has 3 amide bonds. The summed E-state index contributed by atoms with van der Waals surface area (Å²) >= 11 is 6.00. The van der Waals surface area contributed by atoms with E-state index in [0.29, 0.717) is 18.9 Å². The zero-order valence-corrected chi connectivity index (χ0v) is 13.3. The van der Waals surface area contributed by atoms with Gasteiger partial charge in [0.15, 0.2) is 0 Å². The Bertz CT molecular complexity index is 587. The van der Waals surface area contributed by atoms with E-state index < -0.39 is 0 Å². The lowest BCUT2D eigenvalue weighted by atomic mass is 9.76. The van der Waals surface area contributed by atoms with Crippen molar-refractivity contribution >= 4 is 23.5 Å². The Kier molecular flexibility index (Phi) is 4.25. The third kappa shape index (κ3) is 3.19. The summed E-state index contributed by atoms with van der Waals surface area (Å²) in [5.74, 6) is 0.434. The van der Waals surface area contributed by atoms with Crippen molar-refractivity contribution in [3.63, 3.8) is 0 Å². The van der Waals surface area contributed by atoms with Crippen LogP contribution in [0.2, 0.25) is 5.02 Å². The molecule has 2 N–H and O–H groups in total. The fourth-order valence-electron chi connectivity index (χ4n) is 3.11. The Balaban J connectivity index is 1.44. The van der Waals surface area contributed by atoms with Crippen LogP contribution in [-0.2, 0) is 4.79 Å². The van der Waals surface area contributed by atoms with Crippen molar-refractivity contribution in [1.29, 1.82) is 0 Å². The number of nitrogens with one attached hydrogen (secondary N) is 2. The van der Waals surface area contributed by atoms with Gasteiger partial charge in [0.25, 0.3) is 0 Å². The summed E-state index contributed by atoms with van der Waals surface area (Å²) in [6.45, 7) is 0.698. The topological polar surface area (TPSA) is 61.4 Å². The molecule has 1 saturated heterocycles. The first-order valence-electron chi connectivity index (χ1n) is 7.60. The van der Waals surface area contributed by atoms with Crippen LogP contribution >= 0.6 is 11.6 Å². The van der Waals surface area contributed by atoms with Crippen LogP contribution in [0.1, 0.15) is 30.7 Å². The number of likely N-dealkylation sites (tertiary alicyclic amines) is 1. The minimum Gasteiger partial charge on any atom is -0.344 e. The van der Waals surface area contributed by atoms with Crippen molar-refractivity contribution in [1.82, 2.24) is 15.5 Å². The van der Waals surface area contributed by atoms with Gasteiger partial charge in [0.2, 0.25) is 5.91 Å². The molecule has 6 heteroatoms. The third-order valence-electron chi connectivity index (χ3n) is 4.53. The van der Waals surface area contributed by atoms with E-state index in [1.54, 1.807) is 11.9 Å². The Labute approximate surface area is 135 Å². The molecule has 0 bridgehead atoms. The summed E-state index contributed by atoms with van der Waals surface area (Å²) in [5, 5.41) is 6.44. The van der Waals surface area contributed by atoms with Crippen molar-refractivity contribution in [2.24, 2.45) is 0 Å². The SMILES string of the molecule is CN1CCC(NC(=O)NC2CC(c3cccc(Cl)c3)C2)C1=O. The quantitative estimate of drug-likeness (QED) is 0.895. The molecule has 1 aromatic carbocycles. The average Bonchev–Trinajstić information content (AvgIpc) is 2.74. The highest BCUT2D eigenvalue weighted by Crippen LogP contribution is 2.37. The fourth-order valence-corrected chi connectivity index (χ4v) is 3.31. The van der Waals surface area contributed by atoms with Gasteiger partial charge in [-0.1, -0.05) is 23.7 Å². The number of urea groups is 1. The van der Waals surface area contributed by atoms with Crippen molar-refractivity contribution < 1.29 is 9.59 Å². The van der Waals surface area contributed by atoms with Crippen LogP contribution in [0.5, 0.6) is 0 Å². The molecule has 1 unspecified atom stereocenters. The van der Waals surface area contributed by atoms with Crippen LogP contribution in [0.3, 0.4) is 0 Å². The summed E-state index contributed by atoms with van der Waals surface area (Å²) in [6, 6.07) is 7.40. The lowest BCUT2D eigenvalue weighted by Gasteiger charge is -2.36. The van der Waals surface area contributed by atoms with Gasteiger partial charge in [-0.2, -0.15) is 0 Å². The van der Waals surface area contributed by atoms with E-state index in [0.717, 1.165) is 17.9 Å². The van der Waals surface area contributed by atoms with Crippen LogP contribution in [-0.4, -0.2) is 42.5 Å². The summed E-state index contributed by atoms with van der Waals surface area (Å²) in [6.07, 6.45) is 2.50. The average molecular weight is 322 g/mol. The second kappa shape index (κ2) is 6.16. The van der Waals surface area contributed by atoms with Gasteiger partial charge in [-0.15, -0.1) is 0 Å². The normalized spacial score (nSPS) is 27.5. The molecule has 3 rings (SSSR count). The molecule has 1 heterocycles. The molecule has 1 aliphatic carbocycles. The molecule has 0 radical (unpaired) electrons. The molecule has 2 aliphatic rings. The van der Waals surface area contributed by atoms with Crippen molar-refractivity contribution in [2.45, 2.75) is 37.3 Å². The maximum Gasteiger partial charge on any atom is 0.315 e. The predicted molar refractivity (Wildman–Crippen MR) is 84.9 cm³/mol. The highest BCUT2D eigenvalue weighted by atomic mass is 35.5. The molecular formula is C16H20ClN3O2. The van der Waals surface area contributed by atoms with Crippen LogP contribution < -0.4 is 10.6 Å². The first kappa shape index (κ1) is 15.2. The number of carbonyl (C=O) groups is 2. The van der Waals surface area contributed by atoms with E-state index >= 15 is 0 Å². The minimum atomic E-state index is -0.381. The smallest absolute Gasteiger partial charge is 0.315 e. The minimum absolute atomic E-state index is 0.0134. The van der Waals surface area contributed by atoms with Gasteiger partial charge in [-0.05, 0) is 42.9 Å². The van der Waals surface area contributed by atoms with Gasteiger partial charge in [-0.3, -0.25) is 4.79 Å². The van der Waals surface area contributed by atoms with Gasteiger partial charge in [-0.25, -0.2) is 4.79 Å². The highest BCUT2D eigenvalue weighted by molar-refractivity contribution is 6.30. The number of nitrogens with zero attached hydrogens (tertiary/aromatic N) is 1. The Morgan fingerprint density at radius 3 is 2.73 bits per heavy atom. The van der Waals surface area contributed by atoms with Crippen molar-refractivity contribution in [3.8, 4) is 0 Å². The van der Waals surface area contributed by atoms with Crippen LogP contribution in [0, 0.1) is 0 Å². The molecule has 5 nitrogen and oxygen atoms in total. The van der Waals surface area contributed by atoms with E-state index in [1.807, 2.05) is 18.2 Å². The number of hydrogen-bond acceptors (Lipinski definition) is 2. The van der Waals surface area contributed by atoms with Gasteiger partial charge >= 0.3 is 6.03 Å². The third-order valence-corrected chi connectivity index (χ3v) is 4.76. The molecule has 2 fully saturated rings. The molecule has 0 aromatic heterocycles. The second-order valence-corrected chi connectivity index (χ2v) is 6.58. The first-order valence-corrected chi connectivity index (χ1v) is 7.98. The van der Waals surface area contributed by atoms with Gasteiger partial charge in [0, 0.05) is 24.7 Å². The van der Waals surface area contributed by atoms with Gasteiger partial charge < -0.3 is 15.5 Å². The molecule has 22 heavy (non-hydrogen) atoms. The molecule has 1 saturated carbocycles. The van der Waals surface area contributed by atoms with Crippen LogP contribution in [0.4, 0.5) is 4.79 Å². The fraction of sp³-hybridized carbons (Fsp3) is 0.500. The zero-order chi connectivity index (χ0) is 15.7. The van der Waals surface area contributed by atoms with E-state index in [1.165, 1.54) is 5.56 Å². The number of hydrogen-bond donors (Lipinski definition) is 2. The molecule has 1 aliphatic heterocycles. The first-order chi connectivity index (χ1) is 10.5. The summed E-state index contributed by atoms with van der Waals surface area (Å²) in [4.78, 5) is 25.3. The van der Waals surface area contributed by atoms with Crippen molar-refractivity contribution in [2.75, 3.05) is 13.6 Å². The zero-order valence-electron chi connectivity index (χ0n) is 12.5. The van der Waals surface area contributed by atoms with Crippen LogP contribution in [0.25, 0.3) is 0 Å². The second-order valence-electron chi connectivity index (χ2n) is 6.14. The molecule has 0 spiro atoms. The summed E-state index contributed by atoms with van der Waals surface area (Å²) in [5.41, 5.74) is 1.22. The monoisotopic (exact) mass is 321 g/mol. The van der Waals surface area contributed by atoms with E-state index in [9.17, 15) is 9.59 Å². The molecule has 1 atom stereocenters.